The lowest BCUT2D eigenvalue weighted by molar-refractivity contribution is -0.384. The highest BCUT2D eigenvalue weighted by Gasteiger charge is 2.05. The van der Waals surface area contributed by atoms with E-state index in [-0.39, 0.29) is 11.6 Å². The molecule has 0 saturated heterocycles. The van der Waals surface area contributed by atoms with Crippen LogP contribution < -0.4 is 10.2 Å². The Bertz CT molecular complexity index is 760. The lowest BCUT2D eigenvalue weighted by Gasteiger charge is -2.23. The quantitative estimate of drug-likeness (QED) is 0.323. The van der Waals surface area contributed by atoms with Gasteiger partial charge in [-0.1, -0.05) is 30.3 Å². The standard InChI is InChI=1S/C20H23N3O3/c1-2-22(18-9-4-3-5-10-18)15-7-14-21-20(24)13-12-17-8-6-11-19(16-17)23(25)26/h3-6,8-13,16H,2,7,14-15H2,1H3,(H,21,24). The molecule has 0 aliphatic rings. The summed E-state index contributed by atoms with van der Waals surface area (Å²) in [5.74, 6) is -0.209. The van der Waals surface area contributed by atoms with Gasteiger partial charge in [-0.3, -0.25) is 14.9 Å². The third-order valence-corrected chi connectivity index (χ3v) is 3.92. The van der Waals surface area contributed by atoms with Gasteiger partial charge in [-0.2, -0.15) is 0 Å². The van der Waals surface area contributed by atoms with Gasteiger partial charge < -0.3 is 10.2 Å². The van der Waals surface area contributed by atoms with Crippen LogP contribution >= 0.6 is 0 Å². The number of nitro benzene ring substituents is 1. The summed E-state index contributed by atoms with van der Waals surface area (Å²) in [6, 6.07) is 16.3. The van der Waals surface area contributed by atoms with Gasteiger partial charge in [0, 0.05) is 43.5 Å². The first kappa shape index (κ1) is 19.2. The Kier molecular flexibility index (Phi) is 7.36. The fourth-order valence-corrected chi connectivity index (χ4v) is 2.56. The summed E-state index contributed by atoms with van der Waals surface area (Å²) in [5.41, 5.74) is 1.80. The number of benzene rings is 2. The summed E-state index contributed by atoms with van der Waals surface area (Å²) in [6.07, 6.45) is 3.80. The topological polar surface area (TPSA) is 75.5 Å². The number of nitrogens with one attached hydrogen (secondary N) is 1. The van der Waals surface area contributed by atoms with Crippen molar-refractivity contribution in [3.8, 4) is 0 Å². The van der Waals surface area contributed by atoms with E-state index in [4.69, 9.17) is 0 Å². The second-order valence-electron chi connectivity index (χ2n) is 5.75. The summed E-state index contributed by atoms with van der Waals surface area (Å²) < 4.78 is 0. The third kappa shape index (κ3) is 6.05. The summed E-state index contributed by atoms with van der Waals surface area (Å²) in [4.78, 5) is 24.4. The number of rotatable bonds is 9. The fourth-order valence-electron chi connectivity index (χ4n) is 2.56. The number of nitrogens with zero attached hydrogens (tertiary/aromatic N) is 2. The molecule has 0 aliphatic carbocycles. The molecule has 0 atom stereocenters. The molecule has 0 fully saturated rings. The number of carbonyl (C=O) groups excluding carboxylic acids is 1. The molecule has 0 saturated carbocycles. The number of para-hydroxylation sites is 1. The van der Waals surface area contributed by atoms with Crippen LogP contribution in [0.5, 0.6) is 0 Å². The van der Waals surface area contributed by atoms with Crippen molar-refractivity contribution in [1.29, 1.82) is 0 Å². The number of hydrogen-bond acceptors (Lipinski definition) is 4. The molecule has 0 heterocycles. The molecule has 6 nitrogen and oxygen atoms in total. The highest BCUT2D eigenvalue weighted by atomic mass is 16.6. The molecule has 0 aliphatic heterocycles. The predicted octanol–water partition coefficient (Wildman–Crippen LogP) is 3.64. The largest absolute Gasteiger partial charge is 0.372 e. The maximum atomic E-state index is 11.9. The van der Waals surface area contributed by atoms with Gasteiger partial charge in [-0.05, 0) is 37.1 Å². The van der Waals surface area contributed by atoms with Crippen LogP contribution in [0.2, 0.25) is 0 Å². The molecule has 0 unspecified atom stereocenters. The Balaban J connectivity index is 1.76. The van der Waals surface area contributed by atoms with Crippen LogP contribution in [0.15, 0.2) is 60.7 Å². The van der Waals surface area contributed by atoms with Crippen molar-refractivity contribution in [3.63, 3.8) is 0 Å². The van der Waals surface area contributed by atoms with E-state index in [0.29, 0.717) is 12.1 Å². The van der Waals surface area contributed by atoms with Crippen molar-refractivity contribution >= 4 is 23.4 Å². The molecule has 6 heteroatoms. The number of carbonyl (C=O) groups is 1. The average Bonchev–Trinajstić information content (AvgIpc) is 2.67. The van der Waals surface area contributed by atoms with Crippen molar-refractivity contribution in [1.82, 2.24) is 5.32 Å². The molecule has 0 radical (unpaired) electrons. The van der Waals surface area contributed by atoms with E-state index in [1.165, 1.54) is 23.9 Å². The van der Waals surface area contributed by atoms with Gasteiger partial charge in [-0.15, -0.1) is 0 Å². The number of nitro groups is 1. The van der Waals surface area contributed by atoms with E-state index in [0.717, 1.165) is 19.5 Å². The van der Waals surface area contributed by atoms with E-state index in [2.05, 4.69) is 29.3 Å². The smallest absolute Gasteiger partial charge is 0.270 e. The van der Waals surface area contributed by atoms with Crippen LogP contribution in [0.1, 0.15) is 18.9 Å². The Hall–Kier alpha value is -3.15. The molecule has 0 spiro atoms. The SMILES string of the molecule is CCN(CCCNC(=O)C=Cc1cccc([N+](=O)[O-])c1)c1ccccc1. The molecule has 26 heavy (non-hydrogen) atoms. The number of anilines is 1. The van der Waals surface area contributed by atoms with Crippen molar-refractivity contribution in [2.75, 3.05) is 24.5 Å². The molecule has 1 N–H and O–H groups in total. The van der Waals surface area contributed by atoms with Crippen molar-refractivity contribution in [2.24, 2.45) is 0 Å². The molecule has 2 aromatic carbocycles. The minimum atomic E-state index is -0.455. The van der Waals surface area contributed by atoms with E-state index in [1.807, 2.05) is 18.2 Å². The summed E-state index contributed by atoms with van der Waals surface area (Å²) in [7, 11) is 0. The van der Waals surface area contributed by atoms with Gasteiger partial charge >= 0.3 is 0 Å². The summed E-state index contributed by atoms with van der Waals surface area (Å²) in [5, 5.41) is 13.6. The number of non-ortho nitro benzene ring substituents is 1. The van der Waals surface area contributed by atoms with Gasteiger partial charge in [0.05, 0.1) is 4.92 Å². The average molecular weight is 353 g/mol. The second kappa shape index (κ2) is 9.98. The van der Waals surface area contributed by atoms with Crippen LogP contribution in [0.25, 0.3) is 6.08 Å². The van der Waals surface area contributed by atoms with Gasteiger partial charge in [0.1, 0.15) is 0 Å². The van der Waals surface area contributed by atoms with E-state index in [9.17, 15) is 14.9 Å². The highest BCUT2D eigenvalue weighted by Crippen LogP contribution is 2.14. The minimum absolute atomic E-state index is 0.00753. The fraction of sp³-hybridized carbons (Fsp3) is 0.250. The third-order valence-electron chi connectivity index (χ3n) is 3.92. The van der Waals surface area contributed by atoms with Crippen molar-refractivity contribution in [3.05, 3.63) is 76.4 Å². The Morgan fingerprint density at radius 3 is 2.65 bits per heavy atom. The summed E-state index contributed by atoms with van der Waals surface area (Å²) >= 11 is 0. The van der Waals surface area contributed by atoms with Crippen LogP contribution in [0.4, 0.5) is 11.4 Å². The Morgan fingerprint density at radius 1 is 1.19 bits per heavy atom. The summed E-state index contributed by atoms with van der Waals surface area (Å²) in [6.45, 7) is 4.44. The van der Waals surface area contributed by atoms with E-state index >= 15 is 0 Å². The second-order valence-corrected chi connectivity index (χ2v) is 5.75. The molecule has 0 bridgehead atoms. The number of amides is 1. The minimum Gasteiger partial charge on any atom is -0.372 e. The first-order valence-corrected chi connectivity index (χ1v) is 8.60. The molecule has 1 amide bonds. The van der Waals surface area contributed by atoms with Crippen LogP contribution in [0, 0.1) is 10.1 Å². The van der Waals surface area contributed by atoms with Crippen LogP contribution in [-0.4, -0.2) is 30.5 Å². The number of hydrogen-bond donors (Lipinski definition) is 1. The van der Waals surface area contributed by atoms with E-state index < -0.39 is 4.92 Å². The van der Waals surface area contributed by atoms with Gasteiger partial charge in [0.15, 0.2) is 0 Å². The molecule has 0 aromatic heterocycles. The maximum absolute atomic E-state index is 11.9. The molecule has 2 aromatic rings. The van der Waals surface area contributed by atoms with Gasteiger partial charge in [0.25, 0.3) is 5.69 Å². The zero-order valence-electron chi connectivity index (χ0n) is 14.8. The first-order chi connectivity index (χ1) is 12.6. The maximum Gasteiger partial charge on any atom is 0.270 e. The van der Waals surface area contributed by atoms with Crippen molar-refractivity contribution in [2.45, 2.75) is 13.3 Å². The molecular formula is C20H23N3O3. The van der Waals surface area contributed by atoms with Crippen LogP contribution in [0.3, 0.4) is 0 Å². The normalized spacial score (nSPS) is 10.7. The Morgan fingerprint density at radius 2 is 1.96 bits per heavy atom. The first-order valence-electron chi connectivity index (χ1n) is 8.60. The zero-order valence-corrected chi connectivity index (χ0v) is 14.8. The highest BCUT2D eigenvalue weighted by molar-refractivity contribution is 5.91. The van der Waals surface area contributed by atoms with Gasteiger partial charge in [-0.25, -0.2) is 0 Å². The lowest BCUT2D eigenvalue weighted by atomic mass is 10.2. The molecular weight excluding hydrogens is 330 g/mol. The Labute approximate surface area is 153 Å². The van der Waals surface area contributed by atoms with Crippen LogP contribution in [-0.2, 0) is 4.79 Å². The lowest BCUT2D eigenvalue weighted by Crippen LogP contribution is -2.29. The van der Waals surface area contributed by atoms with Gasteiger partial charge in [0.2, 0.25) is 5.91 Å². The predicted molar refractivity (Wildman–Crippen MR) is 104 cm³/mol. The van der Waals surface area contributed by atoms with E-state index in [1.54, 1.807) is 18.2 Å². The zero-order chi connectivity index (χ0) is 18.8. The molecule has 136 valence electrons. The molecule has 2 rings (SSSR count). The van der Waals surface area contributed by atoms with Crippen molar-refractivity contribution < 1.29 is 9.72 Å². The monoisotopic (exact) mass is 353 g/mol.